The van der Waals surface area contributed by atoms with Crippen LogP contribution in [0.2, 0.25) is 0 Å². The van der Waals surface area contributed by atoms with Gasteiger partial charge in [-0.25, -0.2) is 0 Å². The SMILES string of the molecule is CC(C)CNC(=O)C(=O)NCC(c1ccc2c(c1)CCCN2C)N1CCN(C)CC1. The summed E-state index contributed by atoms with van der Waals surface area (Å²) < 4.78 is 0. The average molecular weight is 416 g/mol. The zero-order chi connectivity index (χ0) is 21.7. The monoisotopic (exact) mass is 415 g/mol. The maximum atomic E-state index is 12.3. The largest absolute Gasteiger partial charge is 0.374 e. The molecule has 1 atom stereocenters. The number of benzene rings is 1. The van der Waals surface area contributed by atoms with Gasteiger partial charge in [-0.05, 0) is 43.0 Å². The summed E-state index contributed by atoms with van der Waals surface area (Å²) in [5.41, 5.74) is 3.90. The number of aryl methyl sites for hydroxylation is 1. The van der Waals surface area contributed by atoms with Crippen LogP contribution in [-0.2, 0) is 16.0 Å². The molecule has 0 spiro atoms. The van der Waals surface area contributed by atoms with E-state index < -0.39 is 11.8 Å². The molecule has 30 heavy (non-hydrogen) atoms. The molecule has 2 heterocycles. The molecule has 7 nitrogen and oxygen atoms in total. The number of carbonyl (C=O) groups excluding carboxylic acids is 2. The van der Waals surface area contributed by atoms with Crippen LogP contribution in [-0.4, -0.2) is 81.5 Å². The van der Waals surface area contributed by atoms with Gasteiger partial charge in [0.05, 0.1) is 6.04 Å². The van der Waals surface area contributed by atoms with Crippen LogP contribution in [0.3, 0.4) is 0 Å². The lowest BCUT2D eigenvalue weighted by Gasteiger charge is -2.39. The van der Waals surface area contributed by atoms with E-state index in [0.29, 0.717) is 19.0 Å². The van der Waals surface area contributed by atoms with Gasteiger partial charge >= 0.3 is 11.8 Å². The van der Waals surface area contributed by atoms with Crippen molar-refractivity contribution in [3.05, 3.63) is 29.3 Å². The summed E-state index contributed by atoms with van der Waals surface area (Å²) in [6, 6.07) is 6.77. The first-order valence-corrected chi connectivity index (χ1v) is 11.2. The molecule has 0 bridgehead atoms. The van der Waals surface area contributed by atoms with Gasteiger partial charge in [0, 0.05) is 58.5 Å². The van der Waals surface area contributed by atoms with Crippen molar-refractivity contribution in [3.8, 4) is 0 Å². The summed E-state index contributed by atoms with van der Waals surface area (Å²) in [4.78, 5) is 31.5. The number of nitrogens with one attached hydrogen (secondary N) is 2. The number of likely N-dealkylation sites (N-methyl/N-ethyl adjacent to an activating group) is 1. The van der Waals surface area contributed by atoms with Crippen LogP contribution in [0.4, 0.5) is 5.69 Å². The molecular weight excluding hydrogens is 378 g/mol. The summed E-state index contributed by atoms with van der Waals surface area (Å²) in [6.45, 7) is 9.97. The zero-order valence-corrected chi connectivity index (χ0v) is 18.9. The highest BCUT2D eigenvalue weighted by molar-refractivity contribution is 6.35. The average Bonchev–Trinajstić information content (AvgIpc) is 2.73. The van der Waals surface area contributed by atoms with Crippen molar-refractivity contribution in [1.82, 2.24) is 20.4 Å². The molecule has 2 aliphatic rings. The molecule has 2 aliphatic heterocycles. The molecule has 0 radical (unpaired) electrons. The molecule has 1 saturated heterocycles. The molecule has 1 fully saturated rings. The second kappa shape index (κ2) is 10.3. The van der Waals surface area contributed by atoms with Crippen LogP contribution in [0, 0.1) is 5.92 Å². The van der Waals surface area contributed by atoms with Crippen LogP contribution in [0.25, 0.3) is 0 Å². The zero-order valence-electron chi connectivity index (χ0n) is 18.9. The number of anilines is 1. The normalized spacial score (nSPS) is 18.8. The summed E-state index contributed by atoms with van der Waals surface area (Å²) >= 11 is 0. The first-order chi connectivity index (χ1) is 14.3. The highest BCUT2D eigenvalue weighted by atomic mass is 16.2. The Hall–Kier alpha value is -2.12. The van der Waals surface area contributed by atoms with E-state index in [0.717, 1.165) is 39.1 Å². The maximum Gasteiger partial charge on any atom is 0.309 e. The highest BCUT2D eigenvalue weighted by Crippen LogP contribution is 2.31. The van der Waals surface area contributed by atoms with E-state index >= 15 is 0 Å². The van der Waals surface area contributed by atoms with E-state index in [2.05, 4.69) is 57.6 Å². The van der Waals surface area contributed by atoms with Gasteiger partial charge in [0.2, 0.25) is 0 Å². The van der Waals surface area contributed by atoms with Gasteiger partial charge in [0.1, 0.15) is 0 Å². The van der Waals surface area contributed by atoms with Crippen molar-refractivity contribution < 1.29 is 9.59 Å². The minimum atomic E-state index is -0.549. The van der Waals surface area contributed by atoms with E-state index in [1.54, 1.807) is 0 Å². The maximum absolute atomic E-state index is 12.3. The number of hydrogen-bond donors (Lipinski definition) is 2. The topological polar surface area (TPSA) is 67.9 Å². The summed E-state index contributed by atoms with van der Waals surface area (Å²) in [7, 11) is 4.29. The molecule has 166 valence electrons. The van der Waals surface area contributed by atoms with Crippen molar-refractivity contribution in [3.63, 3.8) is 0 Å². The number of nitrogens with zero attached hydrogens (tertiary/aromatic N) is 3. The number of fused-ring (bicyclic) bond motifs is 1. The van der Waals surface area contributed by atoms with Gasteiger partial charge < -0.3 is 20.4 Å². The number of amides is 2. The smallest absolute Gasteiger partial charge is 0.309 e. The van der Waals surface area contributed by atoms with Gasteiger partial charge in [-0.15, -0.1) is 0 Å². The lowest BCUT2D eigenvalue weighted by atomic mass is 9.95. The Balaban J connectivity index is 1.73. The first kappa shape index (κ1) is 22.6. The minimum absolute atomic E-state index is 0.0677. The third kappa shape index (κ3) is 5.73. The Labute approximate surface area is 180 Å². The van der Waals surface area contributed by atoms with Gasteiger partial charge in [0.25, 0.3) is 0 Å². The van der Waals surface area contributed by atoms with Gasteiger partial charge in [0.15, 0.2) is 0 Å². The number of hydrogen-bond acceptors (Lipinski definition) is 5. The molecule has 3 rings (SSSR count). The van der Waals surface area contributed by atoms with Crippen LogP contribution in [0.5, 0.6) is 0 Å². The molecule has 0 saturated carbocycles. The van der Waals surface area contributed by atoms with Crippen molar-refractivity contribution >= 4 is 17.5 Å². The summed E-state index contributed by atoms with van der Waals surface area (Å²) in [5, 5.41) is 5.59. The Morgan fingerprint density at radius 3 is 2.30 bits per heavy atom. The molecule has 1 aromatic rings. The van der Waals surface area contributed by atoms with Crippen molar-refractivity contribution in [2.75, 3.05) is 64.8 Å². The second-order valence-electron chi connectivity index (χ2n) is 9.08. The van der Waals surface area contributed by atoms with Crippen LogP contribution >= 0.6 is 0 Å². The third-order valence-electron chi connectivity index (χ3n) is 6.15. The predicted octanol–water partition coefficient (Wildman–Crippen LogP) is 1.25. The standard InChI is InChI=1S/C23H37N5O2/c1-17(2)15-24-22(29)23(30)25-16-21(28-12-10-26(3)11-13-28)19-7-8-20-18(14-19)6-5-9-27(20)4/h7-8,14,17,21H,5-6,9-13,15-16H2,1-4H3,(H,24,29)(H,25,30). The summed E-state index contributed by atoms with van der Waals surface area (Å²) in [6.07, 6.45) is 2.26. The fourth-order valence-corrected chi connectivity index (χ4v) is 4.25. The second-order valence-corrected chi connectivity index (χ2v) is 9.08. The highest BCUT2D eigenvalue weighted by Gasteiger charge is 2.26. The quantitative estimate of drug-likeness (QED) is 0.685. The van der Waals surface area contributed by atoms with Gasteiger partial charge in [-0.1, -0.05) is 26.0 Å². The van der Waals surface area contributed by atoms with Gasteiger partial charge in [-0.2, -0.15) is 0 Å². The molecule has 7 heteroatoms. The van der Waals surface area contributed by atoms with E-state index in [1.165, 1.54) is 23.2 Å². The van der Waals surface area contributed by atoms with Crippen molar-refractivity contribution in [2.45, 2.75) is 32.7 Å². The molecule has 1 aromatic carbocycles. The molecule has 2 N–H and O–H groups in total. The van der Waals surface area contributed by atoms with Crippen LogP contribution in [0.1, 0.15) is 37.4 Å². The van der Waals surface area contributed by atoms with E-state index in [9.17, 15) is 9.59 Å². The van der Waals surface area contributed by atoms with E-state index in [1.807, 2.05) is 13.8 Å². The van der Waals surface area contributed by atoms with Crippen LogP contribution < -0.4 is 15.5 Å². The molecule has 1 unspecified atom stereocenters. The predicted molar refractivity (Wildman–Crippen MR) is 121 cm³/mol. The lowest BCUT2D eigenvalue weighted by molar-refractivity contribution is -0.139. The lowest BCUT2D eigenvalue weighted by Crippen LogP contribution is -2.50. The fraction of sp³-hybridized carbons (Fsp3) is 0.652. The summed E-state index contributed by atoms with van der Waals surface area (Å²) in [5.74, 6) is -0.783. The Bertz CT molecular complexity index is 743. The Morgan fingerprint density at radius 2 is 1.63 bits per heavy atom. The molecule has 2 amide bonds. The molecule has 0 aromatic heterocycles. The fourth-order valence-electron chi connectivity index (χ4n) is 4.25. The van der Waals surface area contributed by atoms with Gasteiger partial charge in [-0.3, -0.25) is 14.5 Å². The van der Waals surface area contributed by atoms with Crippen LogP contribution in [0.15, 0.2) is 18.2 Å². The van der Waals surface area contributed by atoms with E-state index in [4.69, 9.17) is 0 Å². The van der Waals surface area contributed by atoms with Crippen molar-refractivity contribution in [1.29, 1.82) is 0 Å². The number of piperazine rings is 1. The number of rotatable bonds is 6. The first-order valence-electron chi connectivity index (χ1n) is 11.2. The molecular formula is C23H37N5O2. The third-order valence-corrected chi connectivity index (χ3v) is 6.15. The van der Waals surface area contributed by atoms with E-state index in [-0.39, 0.29) is 6.04 Å². The molecule has 0 aliphatic carbocycles. The van der Waals surface area contributed by atoms with Crippen molar-refractivity contribution in [2.24, 2.45) is 5.92 Å². The minimum Gasteiger partial charge on any atom is -0.374 e. The Kier molecular flexibility index (Phi) is 7.72. The Morgan fingerprint density at radius 1 is 0.967 bits per heavy atom. The number of carbonyl (C=O) groups is 2.